The monoisotopic (exact) mass is 188 g/mol. The van der Waals surface area contributed by atoms with E-state index in [9.17, 15) is 4.79 Å². The lowest BCUT2D eigenvalue weighted by Crippen LogP contribution is -2.49. The number of carbonyl (C=O) groups excluding carboxylic acids is 1. The molecule has 0 aromatic rings. The molecule has 12 heavy (non-hydrogen) atoms. The molecule has 0 N–H and O–H groups in total. The van der Waals surface area contributed by atoms with Gasteiger partial charge in [-0.1, -0.05) is 0 Å². The van der Waals surface area contributed by atoms with Gasteiger partial charge in [0.2, 0.25) is 5.91 Å². The number of piperazine rings is 1. The summed E-state index contributed by atoms with van der Waals surface area (Å²) in [6, 6.07) is 0.449. The van der Waals surface area contributed by atoms with Crippen LogP contribution in [-0.2, 0) is 4.79 Å². The van der Waals surface area contributed by atoms with Crippen molar-refractivity contribution in [1.29, 1.82) is 0 Å². The smallest absolute Gasteiger partial charge is 0.237 e. The number of hydrogen-bond acceptors (Lipinski definition) is 2. The molecule has 2 fully saturated rings. The van der Waals surface area contributed by atoms with E-state index in [1.54, 1.807) is 0 Å². The van der Waals surface area contributed by atoms with Crippen LogP contribution in [0.1, 0.15) is 6.42 Å². The Hall–Kier alpha value is -0.280. The van der Waals surface area contributed by atoms with Crippen molar-refractivity contribution >= 4 is 17.5 Å². The van der Waals surface area contributed by atoms with Gasteiger partial charge < -0.3 is 4.90 Å². The zero-order valence-corrected chi connectivity index (χ0v) is 7.76. The lowest BCUT2D eigenvalue weighted by atomic mass is 10.2. The van der Waals surface area contributed by atoms with Crippen LogP contribution < -0.4 is 0 Å². The fraction of sp³-hybridized carbons (Fsp3) is 0.875. The fourth-order valence-electron chi connectivity index (χ4n) is 2.11. The lowest BCUT2D eigenvalue weighted by molar-refractivity contribution is -0.131. The number of hydrogen-bond donors (Lipinski definition) is 0. The summed E-state index contributed by atoms with van der Waals surface area (Å²) < 4.78 is 0. The van der Waals surface area contributed by atoms with Gasteiger partial charge in [-0.3, -0.25) is 9.69 Å². The van der Waals surface area contributed by atoms with Gasteiger partial charge in [0.15, 0.2) is 0 Å². The molecule has 2 heterocycles. The molecule has 4 heteroatoms. The molecular weight excluding hydrogens is 176 g/mol. The van der Waals surface area contributed by atoms with Crippen molar-refractivity contribution in [3.05, 3.63) is 0 Å². The van der Waals surface area contributed by atoms with Crippen LogP contribution in [0.3, 0.4) is 0 Å². The first-order valence-corrected chi connectivity index (χ1v) is 4.92. The highest BCUT2D eigenvalue weighted by molar-refractivity contribution is 6.27. The van der Waals surface area contributed by atoms with Gasteiger partial charge in [-0.05, 0) is 6.42 Å². The molecule has 0 aliphatic carbocycles. The van der Waals surface area contributed by atoms with E-state index in [0.717, 1.165) is 32.6 Å². The van der Waals surface area contributed by atoms with E-state index < -0.39 is 0 Å². The van der Waals surface area contributed by atoms with Crippen molar-refractivity contribution in [3.63, 3.8) is 0 Å². The average molecular weight is 189 g/mol. The molecule has 2 aliphatic rings. The van der Waals surface area contributed by atoms with Gasteiger partial charge in [0.05, 0.1) is 0 Å². The topological polar surface area (TPSA) is 23.6 Å². The molecule has 2 saturated heterocycles. The Morgan fingerprint density at radius 1 is 1.42 bits per heavy atom. The molecule has 0 radical (unpaired) electrons. The Morgan fingerprint density at radius 3 is 3.00 bits per heavy atom. The van der Waals surface area contributed by atoms with Crippen molar-refractivity contribution < 1.29 is 4.79 Å². The SMILES string of the molecule is O=C(CCl)N1CCN2CCC1C2. The number of fused-ring (bicyclic) bond motifs is 2. The summed E-state index contributed by atoms with van der Waals surface area (Å²) >= 11 is 5.52. The van der Waals surface area contributed by atoms with Crippen molar-refractivity contribution in [2.75, 3.05) is 32.1 Å². The molecular formula is C8H13ClN2O. The number of halogens is 1. The Balaban J connectivity index is 2.02. The number of nitrogens with zero attached hydrogens (tertiary/aromatic N) is 2. The third-order valence-corrected chi connectivity index (χ3v) is 3.01. The quantitative estimate of drug-likeness (QED) is 0.547. The van der Waals surface area contributed by atoms with E-state index in [1.165, 1.54) is 0 Å². The van der Waals surface area contributed by atoms with E-state index in [0.29, 0.717) is 6.04 Å². The Labute approximate surface area is 77.3 Å². The maximum atomic E-state index is 11.3. The second-order valence-corrected chi connectivity index (χ2v) is 3.73. The molecule has 0 spiro atoms. The third-order valence-electron chi connectivity index (χ3n) is 2.78. The minimum absolute atomic E-state index is 0.100. The normalized spacial score (nSPS) is 33.9. The maximum Gasteiger partial charge on any atom is 0.237 e. The molecule has 2 bridgehead atoms. The summed E-state index contributed by atoms with van der Waals surface area (Å²) in [7, 11) is 0. The molecule has 0 aromatic carbocycles. The zero-order valence-electron chi connectivity index (χ0n) is 7.00. The summed E-state index contributed by atoms with van der Waals surface area (Å²) in [5.74, 6) is 0.236. The first kappa shape index (κ1) is 8.32. The third kappa shape index (κ3) is 1.31. The van der Waals surface area contributed by atoms with Crippen molar-refractivity contribution in [3.8, 4) is 0 Å². The maximum absolute atomic E-state index is 11.3. The highest BCUT2D eigenvalue weighted by atomic mass is 35.5. The molecule has 2 aliphatic heterocycles. The Kier molecular flexibility index (Phi) is 2.24. The summed E-state index contributed by atoms with van der Waals surface area (Å²) in [6.45, 7) is 4.11. The molecule has 68 valence electrons. The van der Waals surface area contributed by atoms with Crippen molar-refractivity contribution in [2.45, 2.75) is 12.5 Å². The average Bonchev–Trinajstić information content (AvgIpc) is 2.47. The van der Waals surface area contributed by atoms with Crippen LogP contribution in [0.5, 0.6) is 0 Å². The van der Waals surface area contributed by atoms with Gasteiger partial charge in [-0.2, -0.15) is 0 Å². The van der Waals surface area contributed by atoms with Crippen LogP contribution in [-0.4, -0.2) is 53.8 Å². The van der Waals surface area contributed by atoms with Gasteiger partial charge in [0.1, 0.15) is 5.88 Å². The van der Waals surface area contributed by atoms with Crippen LogP contribution in [0.4, 0.5) is 0 Å². The van der Waals surface area contributed by atoms with Crippen LogP contribution >= 0.6 is 11.6 Å². The molecule has 2 atom stereocenters. The lowest BCUT2D eigenvalue weighted by Gasteiger charge is -2.33. The second kappa shape index (κ2) is 3.23. The zero-order chi connectivity index (χ0) is 8.55. The van der Waals surface area contributed by atoms with Crippen molar-refractivity contribution in [2.24, 2.45) is 0 Å². The standard InChI is InChI=1S/C8H13ClN2O/c9-5-8(12)11-4-3-10-2-1-7(11)6-10/h7H,1-6H2. The van der Waals surface area contributed by atoms with E-state index in [-0.39, 0.29) is 11.8 Å². The van der Waals surface area contributed by atoms with E-state index in [4.69, 9.17) is 11.6 Å². The molecule has 0 saturated carbocycles. The first-order chi connectivity index (χ1) is 5.81. The van der Waals surface area contributed by atoms with E-state index >= 15 is 0 Å². The van der Waals surface area contributed by atoms with Crippen LogP contribution in [0.15, 0.2) is 0 Å². The van der Waals surface area contributed by atoms with Gasteiger partial charge in [0, 0.05) is 32.2 Å². The number of amides is 1. The van der Waals surface area contributed by atoms with Crippen molar-refractivity contribution in [1.82, 2.24) is 9.80 Å². The number of carbonyl (C=O) groups is 1. The summed E-state index contributed by atoms with van der Waals surface area (Å²) in [6.07, 6.45) is 1.13. The second-order valence-electron chi connectivity index (χ2n) is 3.46. The summed E-state index contributed by atoms with van der Waals surface area (Å²) in [4.78, 5) is 15.7. The van der Waals surface area contributed by atoms with Gasteiger partial charge in [-0.15, -0.1) is 11.6 Å². The van der Waals surface area contributed by atoms with Gasteiger partial charge in [-0.25, -0.2) is 0 Å². The predicted octanol–water partition coefficient (Wildman–Crippen LogP) is 0.142. The van der Waals surface area contributed by atoms with E-state index in [2.05, 4.69) is 4.90 Å². The van der Waals surface area contributed by atoms with Crippen LogP contribution in [0.25, 0.3) is 0 Å². The molecule has 0 aromatic heterocycles. The number of rotatable bonds is 1. The minimum atomic E-state index is 0.100. The van der Waals surface area contributed by atoms with Crippen LogP contribution in [0, 0.1) is 0 Å². The fourth-order valence-corrected chi connectivity index (χ4v) is 2.26. The molecule has 2 unspecified atom stereocenters. The summed E-state index contributed by atoms with van der Waals surface area (Å²) in [5.41, 5.74) is 0. The molecule has 1 amide bonds. The minimum Gasteiger partial charge on any atom is -0.336 e. The molecule has 2 rings (SSSR count). The number of alkyl halides is 1. The predicted molar refractivity (Wildman–Crippen MR) is 47.3 cm³/mol. The Morgan fingerprint density at radius 2 is 2.25 bits per heavy atom. The highest BCUT2D eigenvalue weighted by Gasteiger charge is 2.34. The van der Waals surface area contributed by atoms with E-state index in [1.807, 2.05) is 4.90 Å². The van der Waals surface area contributed by atoms with Crippen LogP contribution in [0.2, 0.25) is 0 Å². The molecule has 3 nitrogen and oxygen atoms in total. The van der Waals surface area contributed by atoms with Gasteiger partial charge >= 0.3 is 0 Å². The highest BCUT2D eigenvalue weighted by Crippen LogP contribution is 2.20. The summed E-state index contributed by atoms with van der Waals surface area (Å²) in [5, 5.41) is 0. The first-order valence-electron chi connectivity index (χ1n) is 4.39. The Bertz CT molecular complexity index is 197. The van der Waals surface area contributed by atoms with Gasteiger partial charge in [0.25, 0.3) is 0 Å². The largest absolute Gasteiger partial charge is 0.336 e.